The quantitative estimate of drug-likeness (QED) is 0.250. The summed E-state index contributed by atoms with van der Waals surface area (Å²) in [4.78, 5) is 24.4. The van der Waals surface area contributed by atoms with E-state index in [1.165, 1.54) is 36.5 Å². The largest absolute Gasteiger partial charge is 0.573 e. The van der Waals surface area contributed by atoms with Crippen molar-refractivity contribution in [3.05, 3.63) is 100.0 Å². The highest BCUT2D eigenvalue weighted by molar-refractivity contribution is 6.31. The lowest BCUT2D eigenvalue weighted by Gasteiger charge is -2.17. The number of carboxylic acids is 1. The monoisotopic (exact) mass is 558 g/mol. The van der Waals surface area contributed by atoms with Gasteiger partial charge < -0.3 is 15.2 Å². The summed E-state index contributed by atoms with van der Waals surface area (Å²) in [6.45, 7) is -0.0213. The molecule has 7 nitrogen and oxygen atoms in total. The Labute approximate surface area is 224 Å². The Morgan fingerprint density at radius 3 is 2.46 bits per heavy atom. The van der Waals surface area contributed by atoms with E-state index < -0.39 is 23.9 Å². The van der Waals surface area contributed by atoms with Crippen LogP contribution in [0.5, 0.6) is 5.75 Å². The topological polar surface area (TPSA) is 96.7 Å². The van der Waals surface area contributed by atoms with Crippen molar-refractivity contribution in [2.45, 2.75) is 20.3 Å². The molecule has 4 aromatic rings. The Bertz CT molecular complexity index is 1590. The molecule has 2 N–H and O–H groups in total. The number of rotatable bonds is 5. The molecule has 39 heavy (non-hydrogen) atoms. The predicted octanol–water partition coefficient (Wildman–Crippen LogP) is 7.26. The normalized spacial score (nSPS) is 12.3. The van der Waals surface area contributed by atoms with Gasteiger partial charge in [0, 0.05) is 39.2 Å². The summed E-state index contributed by atoms with van der Waals surface area (Å²) in [7, 11) is 0. The average molecular weight is 559 g/mol. The Balaban J connectivity index is 0.00000353. The van der Waals surface area contributed by atoms with E-state index in [1.807, 2.05) is 0 Å². The van der Waals surface area contributed by atoms with Gasteiger partial charge in [-0.05, 0) is 48.5 Å². The summed E-state index contributed by atoms with van der Waals surface area (Å²) in [5, 5.41) is 12.4. The number of aromatic nitrogens is 2. The van der Waals surface area contributed by atoms with Crippen molar-refractivity contribution in [1.82, 2.24) is 9.97 Å². The number of fused-ring (bicyclic) bond motifs is 3. The van der Waals surface area contributed by atoms with Gasteiger partial charge in [-0.15, -0.1) is 13.2 Å². The second-order valence-corrected chi connectivity index (χ2v) is 8.53. The molecule has 0 fully saturated rings. The lowest BCUT2D eigenvalue weighted by molar-refractivity contribution is -0.275. The van der Waals surface area contributed by atoms with Crippen LogP contribution in [0.4, 0.5) is 29.2 Å². The van der Waals surface area contributed by atoms with Gasteiger partial charge in [0.25, 0.3) is 0 Å². The van der Waals surface area contributed by atoms with Gasteiger partial charge in [0.2, 0.25) is 5.95 Å². The highest BCUT2D eigenvalue weighted by Gasteiger charge is 2.35. The molecule has 0 atom stereocenters. The van der Waals surface area contributed by atoms with Crippen molar-refractivity contribution in [2.24, 2.45) is 4.99 Å². The number of benzene rings is 3. The first-order valence-electron chi connectivity index (χ1n) is 10.9. The maximum absolute atomic E-state index is 14.5. The van der Waals surface area contributed by atoms with E-state index >= 15 is 0 Å². The third-order valence-electron chi connectivity index (χ3n) is 5.59. The third-order valence-corrected chi connectivity index (χ3v) is 5.83. The van der Waals surface area contributed by atoms with Crippen molar-refractivity contribution in [3.8, 4) is 17.0 Å². The molecule has 12 heteroatoms. The van der Waals surface area contributed by atoms with E-state index in [-0.39, 0.29) is 41.8 Å². The van der Waals surface area contributed by atoms with Gasteiger partial charge in [-0.1, -0.05) is 31.2 Å². The van der Waals surface area contributed by atoms with Crippen LogP contribution in [0.15, 0.2) is 71.9 Å². The molecule has 0 aliphatic carbocycles. The van der Waals surface area contributed by atoms with E-state index in [2.05, 4.69) is 25.0 Å². The third kappa shape index (κ3) is 5.83. The van der Waals surface area contributed by atoms with Crippen molar-refractivity contribution in [2.75, 3.05) is 5.32 Å². The van der Waals surface area contributed by atoms with Gasteiger partial charge in [-0.3, -0.25) is 4.99 Å². The molecule has 5 rings (SSSR count). The van der Waals surface area contributed by atoms with Gasteiger partial charge >= 0.3 is 12.3 Å². The predicted molar refractivity (Wildman–Crippen MR) is 138 cm³/mol. The number of hydrogen-bond donors (Lipinski definition) is 2. The Hall–Kier alpha value is -4.51. The first-order chi connectivity index (χ1) is 18.1. The molecule has 0 spiro atoms. The van der Waals surface area contributed by atoms with Crippen LogP contribution in [0.2, 0.25) is 5.02 Å². The van der Waals surface area contributed by atoms with Crippen molar-refractivity contribution >= 4 is 34.9 Å². The molecule has 0 amide bonds. The fourth-order valence-electron chi connectivity index (χ4n) is 3.95. The maximum Gasteiger partial charge on any atom is 0.573 e. The first-order valence-corrected chi connectivity index (χ1v) is 11.3. The number of nitrogens with one attached hydrogen (secondary N) is 1. The average Bonchev–Trinajstić information content (AvgIpc) is 3.01. The minimum Gasteiger partial charge on any atom is -0.478 e. The van der Waals surface area contributed by atoms with Crippen LogP contribution >= 0.6 is 11.6 Å². The van der Waals surface area contributed by atoms with Crippen LogP contribution < -0.4 is 10.1 Å². The number of carboxylic acid groups (broad SMARTS) is 1. The second kappa shape index (κ2) is 10.7. The number of aromatic carboxylic acids is 1. The molecule has 0 saturated carbocycles. The fourth-order valence-corrected chi connectivity index (χ4v) is 4.13. The van der Waals surface area contributed by atoms with Crippen LogP contribution in [0.1, 0.15) is 34.5 Å². The Kier molecular flexibility index (Phi) is 7.55. The van der Waals surface area contributed by atoms with Crippen molar-refractivity contribution in [1.29, 1.82) is 0 Å². The van der Waals surface area contributed by atoms with E-state index in [9.17, 15) is 22.4 Å². The second-order valence-electron chi connectivity index (χ2n) is 8.09. The minimum absolute atomic E-state index is 0. The zero-order valence-corrected chi connectivity index (χ0v) is 19.8. The molecule has 0 radical (unpaired) electrons. The molecular weight excluding hydrogens is 540 g/mol. The number of aliphatic imine (C=N–C) groups is 1. The minimum atomic E-state index is -5.13. The molecule has 200 valence electrons. The molecule has 1 aliphatic rings. The van der Waals surface area contributed by atoms with Gasteiger partial charge in [0.05, 0.1) is 23.5 Å². The molecule has 1 aliphatic heterocycles. The molecule has 0 saturated heterocycles. The van der Waals surface area contributed by atoms with E-state index in [0.29, 0.717) is 28.1 Å². The summed E-state index contributed by atoms with van der Waals surface area (Å²) >= 11 is 6.23. The summed E-state index contributed by atoms with van der Waals surface area (Å²) in [5.74, 6) is -3.09. The smallest absolute Gasteiger partial charge is 0.478 e. The molecule has 3 aromatic carbocycles. The number of nitrogens with zero attached hydrogens (tertiary/aromatic N) is 3. The lowest BCUT2D eigenvalue weighted by Crippen LogP contribution is -2.20. The van der Waals surface area contributed by atoms with Crippen LogP contribution in [-0.2, 0) is 6.54 Å². The summed E-state index contributed by atoms with van der Waals surface area (Å²) in [5.41, 5.74) is 2.28. The standard InChI is InChI=1S/C26H15ClF4N4O3.CH4/c27-15-6-9-17-19(10-15)22(18-2-1-3-20(28)23(18)38-26(29,30)31)32-11-14-12-33-25(35-21(14)17)34-16-7-4-13(5-8-16)24(36)37;/h1-10,12H,11H2,(H,36,37)(H,33,34,35);1H4. The highest BCUT2D eigenvalue weighted by atomic mass is 35.5. The number of carbonyl (C=O) groups is 1. The van der Waals surface area contributed by atoms with Crippen LogP contribution in [0, 0.1) is 5.82 Å². The number of halogens is 5. The van der Waals surface area contributed by atoms with Crippen LogP contribution in [0.3, 0.4) is 0 Å². The van der Waals surface area contributed by atoms with Gasteiger partial charge in [0.15, 0.2) is 11.6 Å². The number of para-hydroxylation sites is 1. The molecule has 1 aromatic heterocycles. The SMILES string of the molecule is C.O=C(O)c1ccc(Nc2ncc3c(n2)-c2ccc(Cl)cc2C(c2cccc(F)c2OC(F)(F)F)=NC3)cc1. The molecule has 2 heterocycles. The Morgan fingerprint density at radius 1 is 1.03 bits per heavy atom. The number of hydrogen-bond acceptors (Lipinski definition) is 6. The zero-order chi connectivity index (χ0) is 27.0. The summed E-state index contributed by atoms with van der Waals surface area (Å²) in [6.07, 6.45) is -3.61. The summed E-state index contributed by atoms with van der Waals surface area (Å²) in [6, 6.07) is 14.1. The van der Waals surface area contributed by atoms with Crippen molar-refractivity contribution < 1.29 is 32.2 Å². The zero-order valence-electron chi connectivity index (χ0n) is 19.1. The molecule has 0 bridgehead atoms. The number of anilines is 2. The van der Waals surface area contributed by atoms with Crippen LogP contribution in [-0.4, -0.2) is 33.1 Å². The Morgan fingerprint density at radius 2 is 1.77 bits per heavy atom. The number of alkyl halides is 3. The van der Waals surface area contributed by atoms with Gasteiger partial charge in [-0.25, -0.2) is 19.2 Å². The number of ether oxygens (including phenoxy) is 1. The van der Waals surface area contributed by atoms with Gasteiger partial charge in [0.1, 0.15) is 0 Å². The molecule has 0 unspecified atom stereocenters. The fraction of sp³-hybridized carbons (Fsp3) is 0.111. The van der Waals surface area contributed by atoms with E-state index in [0.717, 1.165) is 6.07 Å². The molecular formula is C27H19ClF4N4O3. The first kappa shape index (κ1) is 27.5. The van der Waals surface area contributed by atoms with E-state index in [4.69, 9.17) is 16.7 Å². The van der Waals surface area contributed by atoms with Crippen molar-refractivity contribution in [3.63, 3.8) is 0 Å². The van der Waals surface area contributed by atoms with Gasteiger partial charge in [-0.2, -0.15) is 0 Å². The van der Waals surface area contributed by atoms with E-state index in [1.54, 1.807) is 24.3 Å². The van der Waals surface area contributed by atoms with Crippen LogP contribution in [0.25, 0.3) is 11.3 Å². The maximum atomic E-state index is 14.5. The highest BCUT2D eigenvalue weighted by Crippen LogP contribution is 2.37. The lowest BCUT2D eigenvalue weighted by atomic mass is 9.95. The summed E-state index contributed by atoms with van der Waals surface area (Å²) < 4.78 is 57.9.